The number of nitrogen functional groups attached to an aromatic ring is 1. The number of anilines is 2. The second-order valence-electron chi connectivity index (χ2n) is 4.31. The van der Waals surface area contributed by atoms with E-state index in [1.807, 2.05) is 13.8 Å². The summed E-state index contributed by atoms with van der Waals surface area (Å²) < 4.78 is 4.99. The number of rotatable bonds is 7. The zero-order valence-electron chi connectivity index (χ0n) is 11.0. The van der Waals surface area contributed by atoms with Gasteiger partial charge in [-0.2, -0.15) is 0 Å². The molecule has 1 heterocycles. The molecule has 0 bridgehead atoms. The number of nitrogens with one attached hydrogen (secondary N) is 2. The van der Waals surface area contributed by atoms with E-state index in [4.69, 9.17) is 10.6 Å². The molecule has 0 aliphatic heterocycles. The van der Waals surface area contributed by atoms with Crippen LogP contribution in [0.3, 0.4) is 0 Å². The summed E-state index contributed by atoms with van der Waals surface area (Å²) in [6, 6.07) is 1.62. The summed E-state index contributed by atoms with van der Waals surface area (Å²) in [6.45, 7) is 4.38. The first-order chi connectivity index (χ1) is 8.60. The highest BCUT2D eigenvalue weighted by molar-refractivity contribution is 5.47. The van der Waals surface area contributed by atoms with Gasteiger partial charge in [0.05, 0.1) is 12.6 Å². The van der Waals surface area contributed by atoms with E-state index in [9.17, 15) is 5.11 Å². The molecule has 1 aromatic rings. The van der Waals surface area contributed by atoms with E-state index in [0.29, 0.717) is 24.1 Å². The molecule has 1 aromatic heterocycles. The maximum Gasteiger partial charge on any atom is 0.158 e. The molecule has 5 N–H and O–H groups in total. The summed E-state index contributed by atoms with van der Waals surface area (Å²) in [5.74, 6) is 7.26. The van der Waals surface area contributed by atoms with Gasteiger partial charge in [0.1, 0.15) is 18.2 Å². The molecule has 0 saturated carbocycles. The lowest BCUT2D eigenvalue weighted by atomic mass is 10.1. The fraction of sp³-hybridized carbons (Fsp3) is 0.636. The Balaban J connectivity index is 2.89. The molecule has 0 fully saturated rings. The maximum atomic E-state index is 9.29. The minimum atomic E-state index is -0.0686. The Morgan fingerprint density at radius 3 is 2.56 bits per heavy atom. The number of ether oxygens (including phenoxy) is 1. The standard InChI is InChI=1S/C11H21N5O2/c1-7(2)8(5-17)13-9-4-10(16-12)15-11(14-9)6-18-3/h4,7-8,17H,5-6,12H2,1-3H3,(H2,13,14,15,16). The van der Waals surface area contributed by atoms with Crippen molar-refractivity contribution in [3.63, 3.8) is 0 Å². The predicted molar refractivity (Wildman–Crippen MR) is 69.9 cm³/mol. The van der Waals surface area contributed by atoms with Crippen LogP contribution in [0.15, 0.2) is 6.07 Å². The Labute approximate surface area is 107 Å². The van der Waals surface area contributed by atoms with E-state index in [1.165, 1.54) is 0 Å². The molecule has 102 valence electrons. The lowest BCUT2D eigenvalue weighted by Gasteiger charge is -2.21. The van der Waals surface area contributed by atoms with Crippen LogP contribution in [-0.4, -0.2) is 34.8 Å². The molecular weight excluding hydrogens is 234 g/mol. The quantitative estimate of drug-likeness (QED) is 0.411. The van der Waals surface area contributed by atoms with Crippen LogP contribution in [0.25, 0.3) is 0 Å². The number of aliphatic hydroxyl groups excluding tert-OH is 1. The SMILES string of the molecule is COCc1nc(NN)cc(NC(CO)C(C)C)n1. The van der Waals surface area contributed by atoms with Crippen molar-refractivity contribution in [3.8, 4) is 0 Å². The second-order valence-corrected chi connectivity index (χ2v) is 4.31. The van der Waals surface area contributed by atoms with Crippen LogP contribution in [0.5, 0.6) is 0 Å². The minimum Gasteiger partial charge on any atom is -0.394 e. The van der Waals surface area contributed by atoms with Crippen molar-refractivity contribution < 1.29 is 9.84 Å². The number of methoxy groups -OCH3 is 1. The van der Waals surface area contributed by atoms with Crippen molar-refractivity contribution >= 4 is 11.6 Å². The fourth-order valence-corrected chi connectivity index (χ4v) is 1.45. The van der Waals surface area contributed by atoms with Crippen molar-refractivity contribution in [2.45, 2.75) is 26.5 Å². The van der Waals surface area contributed by atoms with Gasteiger partial charge in [-0.15, -0.1) is 0 Å². The zero-order chi connectivity index (χ0) is 13.5. The van der Waals surface area contributed by atoms with Gasteiger partial charge in [-0.1, -0.05) is 13.8 Å². The van der Waals surface area contributed by atoms with Crippen molar-refractivity contribution in [3.05, 3.63) is 11.9 Å². The van der Waals surface area contributed by atoms with Crippen LogP contribution in [0.1, 0.15) is 19.7 Å². The molecule has 1 rings (SSSR count). The molecule has 0 saturated heterocycles. The van der Waals surface area contributed by atoms with Gasteiger partial charge in [0.2, 0.25) is 0 Å². The van der Waals surface area contributed by atoms with Gasteiger partial charge in [0.15, 0.2) is 5.82 Å². The summed E-state index contributed by atoms with van der Waals surface area (Å²) in [6.07, 6.45) is 0. The zero-order valence-corrected chi connectivity index (χ0v) is 11.0. The number of aromatic nitrogens is 2. The van der Waals surface area contributed by atoms with E-state index in [-0.39, 0.29) is 18.6 Å². The van der Waals surface area contributed by atoms with E-state index in [0.717, 1.165) is 0 Å². The molecule has 0 aromatic carbocycles. The van der Waals surface area contributed by atoms with E-state index >= 15 is 0 Å². The van der Waals surface area contributed by atoms with Crippen LogP contribution in [0.2, 0.25) is 0 Å². The lowest BCUT2D eigenvalue weighted by Crippen LogP contribution is -2.30. The second kappa shape index (κ2) is 7.10. The summed E-state index contributed by atoms with van der Waals surface area (Å²) in [5, 5.41) is 12.4. The van der Waals surface area contributed by atoms with Gasteiger partial charge >= 0.3 is 0 Å². The predicted octanol–water partition coefficient (Wildman–Crippen LogP) is 0.337. The normalized spacial score (nSPS) is 12.6. The summed E-state index contributed by atoms with van der Waals surface area (Å²) >= 11 is 0. The topological polar surface area (TPSA) is 105 Å². The number of nitrogens with zero attached hydrogens (tertiary/aromatic N) is 2. The molecule has 0 radical (unpaired) electrons. The summed E-state index contributed by atoms with van der Waals surface area (Å²) in [5.41, 5.74) is 2.48. The van der Waals surface area contributed by atoms with Gasteiger partial charge in [-0.25, -0.2) is 15.8 Å². The van der Waals surface area contributed by atoms with Crippen molar-refractivity contribution in [1.29, 1.82) is 0 Å². The number of aliphatic hydroxyl groups is 1. The van der Waals surface area contributed by atoms with Crippen LogP contribution < -0.4 is 16.6 Å². The van der Waals surface area contributed by atoms with Crippen LogP contribution >= 0.6 is 0 Å². The number of hydrazine groups is 1. The highest BCUT2D eigenvalue weighted by Crippen LogP contribution is 2.14. The first-order valence-corrected chi connectivity index (χ1v) is 5.81. The van der Waals surface area contributed by atoms with Crippen LogP contribution in [-0.2, 0) is 11.3 Å². The van der Waals surface area contributed by atoms with Crippen molar-refractivity contribution in [2.75, 3.05) is 24.5 Å². The average Bonchev–Trinajstić information content (AvgIpc) is 2.35. The average molecular weight is 255 g/mol. The largest absolute Gasteiger partial charge is 0.394 e. The molecular formula is C11H21N5O2. The highest BCUT2D eigenvalue weighted by Gasteiger charge is 2.13. The van der Waals surface area contributed by atoms with Gasteiger partial charge in [-0.05, 0) is 5.92 Å². The number of nitrogens with two attached hydrogens (primary N) is 1. The van der Waals surface area contributed by atoms with Crippen molar-refractivity contribution in [2.24, 2.45) is 11.8 Å². The number of hydrogen-bond donors (Lipinski definition) is 4. The minimum absolute atomic E-state index is 0.0344. The molecule has 1 unspecified atom stereocenters. The first-order valence-electron chi connectivity index (χ1n) is 5.81. The molecule has 18 heavy (non-hydrogen) atoms. The maximum absolute atomic E-state index is 9.29. The van der Waals surface area contributed by atoms with E-state index in [2.05, 4.69) is 20.7 Å². The monoisotopic (exact) mass is 255 g/mol. The van der Waals surface area contributed by atoms with Gasteiger partial charge < -0.3 is 20.6 Å². The summed E-state index contributed by atoms with van der Waals surface area (Å²) in [4.78, 5) is 8.43. The number of hydrogen-bond acceptors (Lipinski definition) is 7. The van der Waals surface area contributed by atoms with Crippen LogP contribution in [0.4, 0.5) is 11.6 Å². The smallest absolute Gasteiger partial charge is 0.158 e. The summed E-state index contributed by atoms with van der Waals surface area (Å²) in [7, 11) is 1.57. The third-order valence-corrected chi connectivity index (χ3v) is 2.53. The Morgan fingerprint density at radius 1 is 1.39 bits per heavy atom. The lowest BCUT2D eigenvalue weighted by molar-refractivity contribution is 0.178. The van der Waals surface area contributed by atoms with Gasteiger partial charge in [-0.3, -0.25) is 0 Å². The highest BCUT2D eigenvalue weighted by atomic mass is 16.5. The fourth-order valence-electron chi connectivity index (χ4n) is 1.45. The van der Waals surface area contributed by atoms with Gasteiger partial charge in [0.25, 0.3) is 0 Å². The molecule has 0 aliphatic rings. The molecule has 7 nitrogen and oxygen atoms in total. The molecule has 7 heteroatoms. The molecule has 0 amide bonds. The van der Waals surface area contributed by atoms with Crippen molar-refractivity contribution in [1.82, 2.24) is 9.97 Å². The first kappa shape index (κ1) is 14.6. The molecule has 0 aliphatic carbocycles. The Bertz CT molecular complexity index is 372. The molecule has 0 spiro atoms. The third kappa shape index (κ3) is 4.10. The Kier molecular flexibility index (Phi) is 5.76. The molecule has 1 atom stereocenters. The van der Waals surface area contributed by atoms with E-state index < -0.39 is 0 Å². The Hall–Kier alpha value is -1.44. The van der Waals surface area contributed by atoms with E-state index in [1.54, 1.807) is 13.2 Å². The third-order valence-electron chi connectivity index (χ3n) is 2.53. The Morgan fingerprint density at radius 2 is 2.06 bits per heavy atom. The van der Waals surface area contributed by atoms with Crippen LogP contribution in [0, 0.1) is 5.92 Å². The van der Waals surface area contributed by atoms with Gasteiger partial charge in [0, 0.05) is 13.2 Å².